The zero-order chi connectivity index (χ0) is 19.4. The fraction of sp³-hybridized carbons (Fsp3) is 0.350. The Hall–Kier alpha value is -2.38. The van der Waals surface area contributed by atoms with Crippen LogP contribution in [0, 0.1) is 5.92 Å². The molecule has 1 heterocycles. The van der Waals surface area contributed by atoms with Gasteiger partial charge in [0.1, 0.15) is 5.75 Å². The standard InChI is InChI=1S/C20H24N2O4S/c1-26-19-10-6-5-9-18(19)17-8-4-3-7-15(17)13-16-14-22(27(2,24)25)12-11-21-20(16)23/h3-10,16H,11-14H2,1-2H3,(H,21,23)/t16-/m0/s1. The Labute approximate surface area is 160 Å². The zero-order valence-electron chi connectivity index (χ0n) is 15.5. The minimum Gasteiger partial charge on any atom is -0.496 e. The van der Waals surface area contributed by atoms with Crippen LogP contribution in [0.1, 0.15) is 5.56 Å². The lowest BCUT2D eigenvalue weighted by Gasteiger charge is -2.22. The van der Waals surface area contributed by atoms with Gasteiger partial charge in [-0.15, -0.1) is 0 Å². The maximum Gasteiger partial charge on any atom is 0.224 e. The summed E-state index contributed by atoms with van der Waals surface area (Å²) >= 11 is 0. The van der Waals surface area contributed by atoms with E-state index < -0.39 is 15.9 Å². The number of para-hydroxylation sites is 1. The van der Waals surface area contributed by atoms with Crippen molar-refractivity contribution in [3.8, 4) is 16.9 Å². The quantitative estimate of drug-likeness (QED) is 0.849. The highest BCUT2D eigenvalue weighted by Crippen LogP contribution is 2.33. The van der Waals surface area contributed by atoms with E-state index in [1.165, 1.54) is 10.6 Å². The number of benzene rings is 2. The predicted molar refractivity (Wildman–Crippen MR) is 105 cm³/mol. The fourth-order valence-electron chi connectivity index (χ4n) is 3.42. The number of ether oxygens (including phenoxy) is 1. The number of amides is 1. The molecule has 1 fully saturated rings. The number of methoxy groups -OCH3 is 1. The number of nitrogens with zero attached hydrogens (tertiary/aromatic N) is 1. The largest absolute Gasteiger partial charge is 0.496 e. The van der Waals surface area contributed by atoms with Gasteiger partial charge in [0, 0.05) is 25.2 Å². The average molecular weight is 388 g/mol. The van der Waals surface area contributed by atoms with Gasteiger partial charge in [0.2, 0.25) is 15.9 Å². The maximum atomic E-state index is 12.5. The van der Waals surface area contributed by atoms with Gasteiger partial charge in [-0.05, 0) is 23.6 Å². The van der Waals surface area contributed by atoms with Crippen molar-refractivity contribution in [3.05, 3.63) is 54.1 Å². The molecule has 6 nitrogen and oxygen atoms in total. The summed E-state index contributed by atoms with van der Waals surface area (Å²) in [5.41, 5.74) is 2.92. The predicted octanol–water partition coefficient (Wildman–Crippen LogP) is 1.91. The van der Waals surface area contributed by atoms with Crippen LogP contribution in [-0.4, -0.2) is 51.6 Å². The van der Waals surface area contributed by atoms with E-state index in [0.29, 0.717) is 19.5 Å². The lowest BCUT2D eigenvalue weighted by atomic mass is 9.91. The molecular weight excluding hydrogens is 364 g/mol. The molecule has 1 aliphatic rings. The van der Waals surface area contributed by atoms with Crippen LogP contribution in [0.15, 0.2) is 48.5 Å². The summed E-state index contributed by atoms with van der Waals surface area (Å²) in [7, 11) is -1.72. The van der Waals surface area contributed by atoms with E-state index in [1.54, 1.807) is 7.11 Å². The van der Waals surface area contributed by atoms with Crippen molar-refractivity contribution in [2.24, 2.45) is 5.92 Å². The summed E-state index contributed by atoms with van der Waals surface area (Å²) in [6.07, 6.45) is 1.63. The minimum absolute atomic E-state index is 0.115. The monoisotopic (exact) mass is 388 g/mol. The highest BCUT2D eigenvalue weighted by molar-refractivity contribution is 7.88. The topological polar surface area (TPSA) is 75.7 Å². The van der Waals surface area contributed by atoms with Gasteiger partial charge in [0.15, 0.2) is 0 Å². The molecule has 1 saturated heterocycles. The number of hydrogen-bond donors (Lipinski definition) is 1. The zero-order valence-corrected chi connectivity index (χ0v) is 16.3. The van der Waals surface area contributed by atoms with Gasteiger partial charge in [-0.3, -0.25) is 4.79 Å². The van der Waals surface area contributed by atoms with Crippen molar-refractivity contribution in [1.82, 2.24) is 9.62 Å². The van der Waals surface area contributed by atoms with Crippen LogP contribution >= 0.6 is 0 Å². The van der Waals surface area contributed by atoms with Gasteiger partial charge >= 0.3 is 0 Å². The first kappa shape index (κ1) is 19.4. The molecule has 0 aliphatic carbocycles. The van der Waals surface area contributed by atoms with E-state index in [1.807, 2.05) is 48.5 Å². The average Bonchev–Trinajstić information content (AvgIpc) is 2.84. The minimum atomic E-state index is -3.35. The van der Waals surface area contributed by atoms with Gasteiger partial charge in [-0.1, -0.05) is 42.5 Å². The third-order valence-electron chi connectivity index (χ3n) is 4.81. The summed E-state index contributed by atoms with van der Waals surface area (Å²) < 4.78 is 30.8. The van der Waals surface area contributed by atoms with Crippen molar-refractivity contribution in [2.75, 3.05) is 33.0 Å². The second kappa shape index (κ2) is 8.10. The Kier molecular flexibility index (Phi) is 5.82. The molecule has 1 atom stereocenters. The van der Waals surface area contributed by atoms with Crippen LogP contribution in [0.25, 0.3) is 11.1 Å². The van der Waals surface area contributed by atoms with Gasteiger partial charge in [0.05, 0.1) is 19.3 Å². The number of rotatable bonds is 5. The fourth-order valence-corrected chi connectivity index (χ4v) is 4.29. The van der Waals surface area contributed by atoms with E-state index in [4.69, 9.17) is 4.74 Å². The van der Waals surface area contributed by atoms with E-state index in [2.05, 4.69) is 5.32 Å². The van der Waals surface area contributed by atoms with E-state index >= 15 is 0 Å². The molecule has 3 rings (SSSR count). The van der Waals surface area contributed by atoms with Crippen molar-refractivity contribution in [2.45, 2.75) is 6.42 Å². The van der Waals surface area contributed by atoms with Gasteiger partial charge < -0.3 is 10.1 Å². The first-order valence-electron chi connectivity index (χ1n) is 8.84. The first-order valence-corrected chi connectivity index (χ1v) is 10.7. The Morgan fingerprint density at radius 3 is 2.48 bits per heavy atom. The summed E-state index contributed by atoms with van der Waals surface area (Å²) in [5.74, 6) is 0.196. The third-order valence-corrected chi connectivity index (χ3v) is 6.07. The summed E-state index contributed by atoms with van der Waals surface area (Å²) in [6, 6.07) is 15.6. The normalized spacial score (nSPS) is 18.6. The van der Waals surface area contributed by atoms with E-state index in [0.717, 1.165) is 22.4 Å². The maximum absolute atomic E-state index is 12.5. The third kappa shape index (κ3) is 4.48. The molecule has 1 N–H and O–H groups in total. The number of sulfonamides is 1. The van der Waals surface area contributed by atoms with E-state index in [9.17, 15) is 13.2 Å². The molecule has 0 aromatic heterocycles. The number of carbonyl (C=O) groups is 1. The Balaban J connectivity index is 1.94. The molecule has 0 spiro atoms. The second-order valence-electron chi connectivity index (χ2n) is 6.67. The van der Waals surface area contributed by atoms with Crippen molar-refractivity contribution in [3.63, 3.8) is 0 Å². The first-order chi connectivity index (χ1) is 12.9. The lowest BCUT2D eigenvalue weighted by molar-refractivity contribution is -0.124. The van der Waals surface area contributed by atoms with Gasteiger partial charge in [-0.25, -0.2) is 8.42 Å². The highest BCUT2D eigenvalue weighted by atomic mass is 32.2. The summed E-state index contributed by atoms with van der Waals surface area (Å²) in [4.78, 5) is 12.5. The van der Waals surface area contributed by atoms with Crippen LogP contribution in [0.4, 0.5) is 0 Å². The van der Waals surface area contributed by atoms with Gasteiger partial charge in [-0.2, -0.15) is 4.31 Å². The summed E-state index contributed by atoms with van der Waals surface area (Å²) in [6.45, 7) is 0.816. The smallest absolute Gasteiger partial charge is 0.224 e. The second-order valence-corrected chi connectivity index (χ2v) is 8.65. The molecule has 0 unspecified atom stereocenters. The molecule has 0 radical (unpaired) electrons. The van der Waals surface area contributed by atoms with Crippen LogP contribution in [0.5, 0.6) is 5.75 Å². The molecule has 2 aromatic rings. The van der Waals surface area contributed by atoms with E-state index in [-0.39, 0.29) is 12.5 Å². The number of hydrogen-bond acceptors (Lipinski definition) is 4. The molecule has 1 aliphatic heterocycles. The molecule has 2 aromatic carbocycles. The SMILES string of the molecule is COc1ccccc1-c1ccccc1C[C@H]1CN(S(C)(=O)=O)CCNC1=O. The Morgan fingerprint density at radius 1 is 1.11 bits per heavy atom. The van der Waals surface area contributed by atoms with Crippen LogP contribution < -0.4 is 10.1 Å². The Morgan fingerprint density at radius 2 is 1.78 bits per heavy atom. The van der Waals surface area contributed by atoms with Crippen molar-refractivity contribution < 1.29 is 17.9 Å². The van der Waals surface area contributed by atoms with Crippen LogP contribution in [0.2, 0.25) is 0 Å². The molecule has 7 heteroatoms. The summed E-state index contributed by atoms with van der Waals surface area (Å²) in [5, 5.41) is 2.83. The highest BCUT2D eigenvalue weighted by Gasteiger charge is 2.30. The van der Waals surface area contributed by atoms with Crippen molar-refractivity contribution >= 4 is 15.9 Å². The van der Waals surface area contributed by atoms with Crippen molar-refractivity contribution in [1.29, 1.82) is 0 Å². The van der Waals surface area contributed by atoms with Crippen LogP contribution in [0.3, 0.4) is 0 Å². The molecular formula is C20H24N2O4S. The van der Waals surface area contributed by atoms with Crippen LogP contribution in [-0.2, 0) is 21.2 Å². The Bertz CT molecular complexity index is 927. The molecule has 1 amide bonds. The molecule has 144 valence electrons. The molecule has 0 bridgehead atoms. The molecule has 0 saturated carbocycles. The van der Waals surface area contributed by atoms with Gasteiger partial charge in [0.25, 0.3) is 0 Å². The number of nitrogens with one attached hydrogen (secondary N) is 1. The lowest BCUT2D eigenvalue weighted by Crippen LogP contribution is -2.36. The number of carbonyl (C=O) groups excluding carboxylic acids is 1. The molecule has 27 heavy (non-hydrogen) atoms.